The number of hydrogen-bond donors (Lipinski definition) is 2. The monoisotopic (exact) mass is 252 g/mol. The predicted molar refractivity (Wildman–Crippen MR) is 68.0 cm³/mol. The highest BCUT2D eigenvalue weighted by Gasteiger charge is 2.28. The van der Waals surface area contributed by atoms with E-state index in [9.17, 15) is 9.59 Å². The lowest BCUT2D eigenvalue weighted by Crippen LogP contribution is -2.49. The van der Waals surface area contributed by atoms with Gasteiger partial charge in [-0.25, -0.2) is 4.79 Å². The first-order valence-corrected chi connectivity index (χ1v) is 6.32. The minimum absolute atomic E-state index is 0.252. The van der Waals surface area contributed by atoms with Gasteiger partial charge in [0, 0.05) is 13.1 Å². The van der Waals surface area contributed by atoms with Crippen molar-refractivity contribution in [1.82, 2.24) is 10.2 Å². The first-order chi connectivity index (χ1) is 8.58. The number of terminal acetylenes is 1. The van der Waals surface area contributed by atoms with Gasteiger partial charge in [0.25, 0.3) is 0 Å². The molecule has 0 aromatic rings. The van der Waals surface area contributed by atoms with E-state index in [-0.39, 0.29) is 18.6 Å². The second-order valence-corrected chi connectivity index (χ2v) is 4.58. The average Bonchev–Trinajstić information content (AvgIpc) is 2.38. The Kier molecular flexibility index (Phi) is 5.50. The fourth-order valence-electron chi connectivity index (χ4n) is 2.09. The van der Waals surface area contributed by atoms with E-state index in [1.807, 2.05) is 6.92 Å². The maximum Gasteiger partial charge on any atom is 0.318 e. The summed E-state index contributed by atoms with van der Waals surface area (Å²) in [7, 11) is 0. The molecule has 1 heterocycles. The number of hydrogen-bond acceptors (Lipinski definition) is 2. The highest BCUT2D eigenvalue weighted by atomic mass is 16.4. The maximum atomic E-state index is 11.9. The molecule has 0 bridgehead atoms. The van der Waals surface area contributed by atoms with Gasteiger partial charge in [-0.1, -0.05) is 19.3 Å². The van der Waals surface area contributed by atoms with Crippen LogP contribution in [-0.4, -0.2) is 41.1 Å². The summed E-state index contributed by atoms with van der Waals surface area (Å²) in [6.07, 6.45) is 8.32. The zero-order valence-corrected chi connectivity index (χ0v) is 10.7. The third-order valence-corrected chi connectivity index (χ3v) is 3.13. The van der Waals surface area contributed by atoms with Crippen molar-refractivity contribution in [2.75, 3.05) is 13.1 Å². The molecule has 100 valence electrons. The largest absolute Gasteiger partial charge is 0.481 e. The smallest absolute Gasteiger partial charge is 0.318 e. The predicted octanol–water partition coefficient (Wildman–Crippen LogP) is 1.29. The van der Waals surface area contributed by atoms with Crippen LogP contribution in [0.15, 0.2) is 0 Å². The van der Waals surface area contributed by atoms with E-state index in [0.29, 0.717) is 13.0 Å². The van der Waals surface area contributed by atoms with E-state index in [4.69, 9.17) is 11.5 Å². The van der Waals surface area contributed by atoms with Crippen molar-refractivity contribution in [2.45, 2.75) is 38.6 Å². The van der Waals surface area contributed by atoms with Crippen molar-refractivity contribution in [3.63, 3.8) is 0 Å². The second-order valence-electron chi connectivity index (χ2n) is 4.58. The third kappa shape index (κ3) is 3.95. The van der Waals surface area contributed by atoms with Crippen LogP contribution in [0.1, 0.15) is 32.6 Å². The minimum Gasteiger partial charge on any atom is -0.481 e. The SMILES string of the molecule is C#CC(CCC)NC(=O)N1CCC[C@H](C(=O)O)C1. The van der Waals surface area contributed by atoms with Gasteiger partial charge in [-0.05, 0) is 19.3 Å². The Morgan fingerprint density at radius 2 is 2.33 bits per heavy atom. The zero-order chi connectivity index (χ0) is 13.5. The normalized spacial score (nSPS) is 20.9. The van der Waals surface area contributed by atoms with Crippen molar-refractivity contribution < 1.29 is 14.7 Å². The number of carboxylic acid groups (broad SMARTS) is 1. The highest BCUT2D eigenvalue weighted by Crippen LogP contribution is 2.16. The molecular weight excluding hydrogens is 232 g/mol. The summed E-state index contributed by atoms with van der Waals surface area (Å²) < 4.78 is 0. The number of carboxylic acids is 1. The Morgan fingerprint density at radius 1 is 1.61 bits per heavy atom. The Balaban J connectivity index is 2.51. The summed E-state index contributed by atoms with van der Waals surface area (Å²) in [5.74, 6) is 1.24. The van der Waals surface area contributed by atoms with E-state index in [1.54, 1.807) is 4.90 Å². The van der Waals surface area contributed by atoms with Gasteiger partial charge in [-0.15, -0.1) is 6.42 Å². The second kappa shape index (κ2) is 6.90. The van der Waals surface area contributed by atoms with E-state index in [2.05, 4.69) is 11.2 Å². The van der Waals surface area contributed by atoms with Crippen LogP contribution in [0.2, 0.25) is 0 Å². The Bertz CT molecular complexity index is 349. The van der Waals surface area contributed by atoms with Crippen LogP contribution in [0.25, 0.3) is 0 Å². The zero-order valence-electron chi connectivity index (χ0n) is 10.7. The Labute approximate surface area is 108 Å². The molecule has 18 heavy (non-hydrogen) atoms. The summed E-state index contributed by atoms with van der Waals surface area (Å²) in [4.78, 5) is 24.4. The summed E-state index contributed by atoms with van der Waals surface area (Å²) in [5.41, 5.74) is 0. The van der Waals surface area contributed by atoms with Crippen molar-refractivity contribution in [3.8, 4) is 12.3 Å². The fraction of sp³-hybridized carbons (Fsp3) is 0.692. The average molecular weight is 252 g/mol. The molecule has 1 saturated heterocycles. The Morgan fingerprint density at radius 3 is 2.89 bits per heavy atom. The molecule has 1 aliphatic heterocycles. The molecule has 0 aliphatic carbocycles. The first-order valence-electron chi connectivity index (χ1n) is 6.32. The van der Waals surface area contributed by atoms with Crippen LogP contribution in [0.4, 0.5) is 4.79 Å². The number of carbonyl (C=O) groups excluding carboxylic acids is 1. The molecule has 5 heteroatoms. The molecule has 0 spiro atoms. The molecule has 2 amide bonds. The maximum absolute atomic E-state index is 11.9. The molecular formula is C13H20N2O3. The van der Waals surface area contributed by atoms with E-state index < -0.39 is 11.9 Å². The molecule has 5 nitrogen and oxygen atoms in total. The number of amides is 2. The van der Waals surface area contributed by atoms with Gasteiger partial charge >= 0.3 is 12.0 Å². The van der Waals surface area contributed by atoms with Crippen LogP contribution in [0.3, 0.4) is 0 Å². The molecule has 0 radical (unpaired) electrons. The first kappa shape index (κ1) is 14.4. The lowest BCUT2D eigenvalue weighted by atomic mass is 9.99. The summed E-state index contributed by atoms with van der Waals surface area (Å²) in [6, 6.07) is -0.523. The molecule has 1 fully saturated rings. The number of piperidine rings is 1. The van der Waals surface area contributed by atoms with Gasteiger partial charge in [0.1, 0.15) is 0 Å². The van der Waals surface area contributed by atoms with Crippen molar-refractivity contribution in [2.24, 2.45) is 5.92 Å². The molecule has 2 atom stereocenters. The number of rotatable bonds is 4. The van der Waals surface area contributed by atoms with Crippen molar-refractivity contribution in [3.05, 3.63) is 0 Å². The van der Waals surface area contributed by atoms with Crippen LogP contribution >= 0.6 is 0 Å². The van der Waals surface area contributed by atoms with Gasteiger partial charge < -0.3 is 15.3 Å². The lowest BCUT2D eigenvalue weighted by Gasteiger charge is -2.31. The molecule has 0 saturated carbocycles. The summed E-state index contributed by atoms with van der Waals surface area (Å²) in [5, 5.41) is 11.7. The third-order valence-electron chi connectivity index (χ3n) is 3.13. The minimum atomic E-state index is -0.838. The molecule has 0 aromatic heterocycles. The lowest BCUT2D eigenvalue weighted by molar-refractivity contribution is -0.143. The highest BCUT2D eigenvalue weighted by molar-refractivity contribution is 5.77. The number of carbonyl (C=O) groups is 2. The summed E-state index contributed by atoms with van der Waals surface area (Å²) >= 11 is 0. The van der Waals surface area contributed by atoms with Gasteiger partial charge in [0.05, 0.1) is 12.0 Å². The topological polar surface area (TPSA) is 69.6 Å². The number of likely N-dealkylation sites (tertiary alicyclic amines) is 1. The van der Waals surface area contributed by atoms with Crippen LogP contribution in [0.5, 0.6) is 0 Å². The summed E-state index contributed by atoms with van der Waals surface area (Å²) in [6.45, 7) is 2.86. The molecule has 2 N–H and O–H groups in total. The van der Waals surface area contributed by atoms with Crippen LogP contribution in [-0.2, 0) is 4.79 Å². The van der Waals surface area contributed by atoms with Gasteiger partial charge in [0.2, 0.25) is 0 Å². The number of urea groups is 1. The fourth-order valence-corrected chi connectivity index (χ4v) is 2.09. The number of nitrogens with zero attached hydrogens (tertiary/aromatic N) is 1. The van der Waals surface area contributed by atoms with Crippen molar-refractivity contribution in [1.29, 1.82) is 0 Å². The van der Waals surface area contributed by atoms with Crippen molar-refractivity contribution >= 4 is 12.0 Å². The van der Waals surface area contributed by atoms with Gasteiger partial charge in [0.15, 0.2) is 0 Å². The van der Waals surface area contributed by atoms with Gasteiger partial charge in [-0.3, -0.25) is 4.79 Å². The van der Waals surface area contributed by atoms with Crippen LogP contribution in [0, 0.1) is 18.3 Å². The number of aliphatic carboxylic acids is 1. The molecule has 1 unspecified atom stereocenters. The molecule has 1 aliphatic rings. The van der Waals surface area contributed by atoms with E-state index in [0.717, 1.165) is 19.3 Å². The van der Waals surface area contributed by atoms with E-state index >= 15 is 0 Å². The van der Waals surface area contributed by atoms with Crippen LogP contribution < -0.4 is 5.32 Å². The van der Waals surface area contributed by atoms with Gasteiger partial charge in [-0.2, -0.15) is 0 Å². The molecule has 1 rings (SSSR count). The quantitative estimate of drug-likeness (QED) is 0.741. The standard InChI is InChI=1S/C13H20N2O3/c1-3-6-11(4-2)14-13(18)15-8-5-7-10(9-15)12(16)17/h2,10-11H,3,5-9H2,1H3,(H,14,18)(H,16,17)/t10-,11?/m0/s1. The Hall–Kier alpha value is -1.70. The molecule has 0 aromatic carbocycles. The number of nitrogens with one attached hydrogen (secondary N) is 1. The van der Waals surface area contributed by atoms with E-state index in [1.165, 1.54) is 0 Å².